The molecule has 2 N–H and O–H groups in total. The van der Waals surface area contributed by atoms with Crippen LogP contribution in [-0.4, -0.2) is 16.6 Å². The van der Waals surface area contributed by atoms with Gasteiger partial charge in [0.15, 0.2) is 0 Å². The standard InChI is InChI=1S/C10H9ClF3N3O2/c1-5-2-7(16-9(15)4-11)8(17(18)19)3-6(5)10(12,13)14/h2-3H,4H2,1H3,(H2,15,16). The van der Waals surface area contributed by atoms with Crippen LogP contribution in [0, 0.1) is 17.0 Å². The van der Waals surface area contributed by atoms with Gasteiger partial charge in [-0.3, -0.25) is 10.1 Å². The van der Waals surface area contributed by atoms with E-state index in [0.717, 1.165) is 6.07 Å². The second kappa shape index (κ2) is 5.43. The van der Waals surface area contributed by atoms with Crippen molar-refractivity contribution in [3.05, 3.63) is 33.4 Å². The Morgan fingerprint density at radius 2 is 2.11 bits per heavy atom. The predicted octanol–water partition coefficient (Wildman–Crippen LogP) is 3.15. The minimum atomic E-state index is -4.67. The summed E-state index contributed by atoms with van der Waals surface area (Å²) in [5.41, 5.74) is 3.03. The summed E-state index contributed by atoms with van der Waals surface area (Å²) in [4.78, 5) is 13.5. The largest absolute Gasteiger partial charge is 0.416 e. The lowest BCUT2D eigenvalue weighted by molar-refractivity contribution is -0.384. The van der Waals surface area contributed by atoms with E-state index in [9.17, 15) is 23.3 Å². The average Bonchev–Trinajstić information content (AvgIpc) is 2.26. The highest BCUT2D eigenvalue weighted by Gasteiger charge is 2.35. The van der Waals surface area contributed by atoms with Gasteiger partial charge in [-0.2, -0.15) is 13.2 Å². The highest BCUT2D eigenvalue weighted by atomic mass is 35.5. The minimum absolute atomic E-state index is 0.121. The molecular formula is C10H9ClF3N3O2. The molecule has 1 aromatic rings. The summed E-state index contributed by atoms with van der Waals surface area (Å²) in [7, 11) is 0. The van der Waals surface area contributed by atoms with E-state index in [2.05, 4.69) is 4.99 Å². The molecular weight excluding hydrogens is 287 g/mol. The van der Waals surface area contributed by atoms with Gasteiger partial charge in [0, 0.05) is 6.07 Å². The summed E-state index contributed by atoms with van der Waals surface area (Å²) in [5.74, 6) is -0.305. The number of nitro benzene ring substituents is 1. The van der Waals surface area contributed by atoms with Crippen molar-refractivity contribution in [1.29, 1.82) is 0 Å². The van der Waals surface area contributed by atoms with Gasteiger partial charge in [-0.25, -0.2) is 4.99 Å². The number of nitrogens with two attached hydrogens (primary N) is 1. The number of hydrogen-bond acceptors (Lipinski definition) is 3. The third-order valence-corrected chi connectivity index (χ3v) is 2.50. The summed E-state index contributed by atoms with van der Waals surface area (Å²) < 4.78 is 37.9. The van der Waals surface area contributed by atoms with Crippen LogP contribution in [-0.2, 0) is 6.18 Å². The Hall–Kier alpha value is -1.83. The molecule has 0 aliphatic carbocycles. The number of aliphatic imine (C=N–C) groups is 1. The molecule has 0 amide bonds. The Balaban J connectivity index is 3.51. The molecule has 0 radical (unpaired) electrons. The minimum Gasteiger partial charge on any atom is -0.386 e. The topological polar surface area (TPSA) is 81.5 Å². The van der Waals surface area contributed by atoms with Gasteiger partial charge in [-0.05, 0) is 18.6 Å². The number of benzene rings is 1. The molecule has 0 atom stereocenters. The zero-order valence-electron chi connectivity index (χ0n) is 9.66. The van der Waals surface area contributed by atoms with Gasteiger partial charge in [0.05, 0.1) is 16.4 Å². The molecule has 0 unspecified atom stereocenters. The molecule has 5 nitrogen and oxygen atoms in total. The normalized spacial score (nSPS) is 12.6. The lowest BCUT2D eigenvalue weighted by atomic mass is 10.1. The summed E-state index contributed by atoms with van der Waals surface area (Å²) in [6, 6.07) is 1.40. The van der Waals surface area contributed by atoms with Crippen molar-refractivity contribution >= 4 is 28.8 Å². The third kappa shape index (κ3) is 3.57. The van der Waals surface area contributed by atoms with E-state index in [-0.39, 0.29) is 23.0 Å². The molecule has 0 bridgehead atoms. The summed E-state index contributed by atoms with van der Waals surface area (Å²) in [6.45, 7) is 1.18. The van der Waals surface area contributed by atoms with Crippen LogP contribution in [0.5, 0.6) is 0 Å². The second-order valence-electron chi connectivity index (χ2n) is 3.65. The summed E-state index contributed by atoms with van der Waals surface area (Å²) in [6.07, 6.45) is -4.67. The molecule has 0 saturated carbocycles. The van der Waals surface area contributed by atoms with Crippen LogP contribution in [0.15, 0.2) is 17.1 Å². The van der Waals surface area contributed by atoms with E-state index in [1.54, 1.807) is 0 Å². The number of halogens is 4. The maximum absolute atomic E-state index is 12.6. The highest BCUT2D eigenvalue weighted by molar-refractivity contribution is 6.28. The van der Waals surface area contributed by atoms with Crippen molar-refractivity contribution in [3.8, 4) is 0 Å². The first-order valence-corrected chi connectivity index (χ1v) is 5.45. The summed E-state index contributed by atoms with van der Waals surface area (Å²) in [5, 5.41) is 10.8. The first kappa shape index (κ1) is 15.2. The van der Waals surface area contributed by atoms with Gasteiger partial charge in [0.25, 0.3) is 5.69 Å². The zero-order chi connectivity index (χ0) is 14.8. The molecule has 0 fully saturated rings. The SMILES string of the molecule is Cc1cc(N=C(N)CCl)c([N+](=O)[O-])cc1C(F)(F)F. The van der Waals surface area contributed by atoms with Crippen molar-refractivity contribution < 1.29 is 18.1 Å². The smallest absolute Gasteiger partial charge is 0.386 e. The molecule has 104 valence electrons. The van der Waals surface area contributed by atoms with Crippen LogP contribution in [0.3, 0.4) is 0 Å². The van der Waals surface area contributed by atoms with E-state index < -0.39 is 22.4 Å². The number of aryl methyl sites for hydroxylation is 1. The number of rotatable bonds is 3. The first-order chi connectivity index (χ1) is 8.66. The number of nitro groups is 1. The molecule has 0 aliphatic rings. The monoisotopic (exact) mass is 295 g/mol. The van der Waals surface area contributed by atoms with Crippen molar-refractivity contribution in [2.24, 2.45) is 10.7 Å². The van der Waals surface area contributed by atoms with Crippen molar-refractivity contribution in [2.75, 3.05) is 5.88 Å². The predicted molar refractivity (Wildman–Crippen MR) is 64.8 cm³/mol. The van der Waals surface area contributed by atoms with Crippen LogP contribution >= 0.6 is 11.6 Å². The van der Waals surface area contributed by atoms with Crippen LogP contribution in [0.1, 0.15) is 11.1 Å². The molecule has 1 rings (SSSR count). The second-order valence-corrected chi connectivity index (χ2v) is 3.91. The molecule has 0 aromatic heterocycles. The highest BCUT2D eigenvalue weighted by Crippen LogP contribution is 2.38. The lowest BCUT2D eigenvalue weighted by Gasteiger charge is -2.11. The molecule has 0 heterocycles. The fraction of sp³-hybridized carbons (Fsp3) is 0.300. The van der Waals surface area contributed by atoms with E-state index in [0.29, 0.717) is 6.07 Å². The fourth-order valence-electron chi connectivity index (χ4n) is 1.41. The number of alkyl halides is 4. The first-order valence-electron chi connectivity index (χ1n) is 4.92. The van der Waals surface area contributed by atoms with Gasteiger partial charge in [-0.15, -0.1) is 11.6 Å². The zero-order valence-corrected chi connectivity index (χ0v) is 10.4. The molecule has 9 heteroatoms. The fourth-order valence-corrected chi connectivity index (χ4v) is 1.47. The number of hydrogen-bond donors (Lipinski definition) is 1. The Labute approximate surface area is 111 Å². The van der Waals surface area contributed by atoms with Crippen molar-refractivity contribution in [1.82, 2.24) is 0 Å². The van der Waals surface area contributed by atoms with E-state index >= 15 is 0 Å². The third-order valence-electron chi connectivity index (χ3n) is 2.22. The van der Waals surface area contributed by atoms with Gasteiger partial charge >= 0.3 is 6.18 Å². The quantitative estimate of drug-likeness (QED) is 0.306. The molecule has 19 heavy (non-hydrogen) atoms. The molecule has 1 aromatic carbocycles. The molecule has 0 saturated heterocycles. The van der Waals surface area contributed by atoms with E-state index in [4.69, 9.17) is 17.3 Å². The number of nitrogens with zero attached hydrogens (tertiary/aromatic N) is 2. The van der Waals surface area contributed by atoms with Gasteiger partial charge in [-0.1, -0.05) is 0 Å². The van der Waals surface area contributed by atoms with E-state index in [1.165, 1.54) is 6.92 Å². The van der Waals surface area contributed by atoms with Gasteiger partial charge in [0.2, 0.25) is 0 Å². The van der Waals surface area contributed by atoms with Crippen LogP contribution in [0.4, 0.5) is 24.5 Å². The Bertz CT molecular complexity index is 544. The maximum Gasteiger partial charge on any atom is 0.416 e. The molecule has 0 spiro atoms. The number of amidine groups is 1. The maximum atomic E-state index is 12.6. The van der Waals surface area contributed by atoms with Crippen molar-refractivity contribution in [2.45, 2.75) is 13.1 Å². The van der Waals surface area contributed by atoms with Crippen molar-refractivity contribution in [3.63, 3.8) is 0 Å². The Morgan fingerprint density at radius 3 is 2.53 bits per heavy atom. The van der Waals surface area contributed by atoms with Crippen LogP contribution in [0.25, 0.3) is 0 Å². The Kier molecular flexibility index (Phi) is 4.35. The lowest BCUT2D eigenvalue weighted by Crippen LogP contribution is -2.13. The Morgan fingerprint density at radius 1 is 1.53 bits per heavy atom. The average molecular weight is 296 g/mol. The van der Waals surface area contributed by atoms with Gasteiger partial charge < -0.3 is 5.73 Å². The van der Waals surface area contributed by atoms with Crippen LogP contribution in [0.2, 0.25) is 0 Å². The van der Waals surface area contributed by atoms with Crippen LogP contribution < -0.4 is 5.73 Å². The molecule has 0 aliphatic heterocycles. The van der Waals surface area contributed by atoms with E-state index in [1.807, 2.05) is 0 Å². The van der Waals surface area contributed by atoms with Gasteiger partial charge in [0.1, 0.15) is 11.5 Å². The summed E-state index contributed by atoms with van der Waals surface area (Å²) >= 11 is 5.37.